The largest absolute Gasteiger partial charge is 0.327 e. The zero-order valence-corrected chi connectivity index (χ0v) is 12.2. The maximum absolute atomic E-state index is 6.16. The van der Waals surface area contributed by atoms with Crippen LogP contribution in [0.1, 0.15) is 25.8 Å². The van der Waals surface area contributed by atoms with Gasteiger partial charge >= 0.3 is 0 Å². The number of nitrogens with two attached hydrogens (primary N) is 1. The number of benzene rings is 1. The maximum Gasteiger partial charge on any atom is 0.0234 e. The van der Waals surface area contributed by atoms with Gasteiger partial charge in [0, 0.05) is 30.1 Å². The number of likely N-dealkylation sites (tertiary alicyclic amines) is 1. The van der Waals surface area contributed by atoms with Crippen LogP contribution in [-0.2, 0) is 6.54 Å². The highest BCUT2D eigenvalue weighted by Crippen LogP contribution is 2.28. The molecule has 3 heteroatoms. The number of nitrogens with zero attached hydrogens (tertiary/aromatic N) is 1. The lowest BCUT2D eigenvalue weighted by Gasteiger charge is -2.42. The first-order valence-corrected chi connectivity index (χ1v) is 6.99. The van der Waals surface area contributed by atoms with Crippen LogP contribution in [0.2, 0.25) is 0 Å². The molecule has 1 aliphatic heterocycles. The van der Waals surface area contributed by atoms with Gasteiger partial charge in [-0.1, -0.05) is 41.9 Å². The van der Waals surface area contributed by atoms with Gasteiger partial charge in [0.1, 0.15) is 0 Å². The molecule has 2 nitrogen and oxygen atoms in total. The van der Waals surface area contributed by atoms with E-state index in [4.69, 9.17) is 5.73 Å². The molecular weight excluding hydrogens is 276 g/mol. The average Bonchev–Trinajstić information content (AvgIpc) is 2.23. The van der Waals surface area contributed by atoms with Crippen molar-refractivity contribution in [1.29, 1.82) is 0 Å². The SMILES string of the molecule is CC1(C)CN(Cc2cccc(Br)c2)CCC1N. The topological polar surface area (TPSA) is 29.3 Å². The fourth-order valence-corrected chi connectivity index (χ4v) is 2.96. The number of hydrogen-bond donors (Lipinski definition) is 1. The summed E-state index contributed by atoms with van der Waals surface area (Å²) in [5.41, 5.74) is 7.75. The summed E-state index contributed by atoms with van der Waals surface area (Å²) in [5.74, 6) is 0. The van der Waals surface area contributed by atoms with Crippen molar-refractivity contribution in [1.82, 2.24) is 4.90 Å². The summed E-state index contributed by atoms with van der Waals surface area (Å²) >= 11 is 3.52. The summed E-state index contributed by atoms with van der Waals surface area (Å²) in [5, 5.41) is 0. The van der Waals surface area contributed by atoms with Crippen LogP contribution in [0, 0.1) is 5.41 Å². The number of piperidine rings is 1. The van der Waals surface area contributed by atoms with Gasteiger partial charge in [0.05, 0.1) is 0 Å². The lowest BCUT2D eigenvalue weighted by Crippen LogP contribution is -2.52. The third-order valence-electron chi connectivity index (χ3n) is 3.69. The minimum atomic E-state index is 0.226. The fraction of sp³-hybridized carbons (Fsp3) is 0.571. The summed E-state index contributed by atoms with van der Waals surface area (Å²) in [4.78, 5) is 2.51. The summed E-state index contributed by atoms with van der Waals surface area (Å²) < 4.78 is 1.16. The molecule has 1 aliphatic rings. The van der Waals surface area contributed by atoms with Gasteiger partial charge in [-0.15, -0.1) is 0 Å². The number of halogens is 1. The molecule has 1 fully saturated rings. The Kier molecular flexibility index (Phi) is 3.91. The van der Waals surface area contributed by atoms with Crippen molar-refractivity contribution in [2.45, 2.75) is 32.9 Å². The third-order valence-corrected chi connectivity index (χ3v) is 4.18. The Bertz CT molecular complexity index is 390. The van der Waals surface area contributed by atoms with Crippen LogP contribution >= 0.6 is 15.9 Å². The van der Waals surface area contributed by atoms with E-state index < -0.39 is 0 Å². The molecule has 0 spiro atoms. The smallest absolute Gasteiger partial charge is 0.0234 e. The van der Waals surface area contributed by atoms with Gasteiger partial charge in [0.15, 0.2) is 0 Å². The van der Waals surface area contributed by atoms with E-state index in [0.717, 1.165) is 30.5 Å². The summed E-state index contributed by atoms with van der Waals surface area (Å²) in [6.07, 6.45) is 1.10. The van der Waals surface area contributed by atoms with E-state index in [2.05, 4.69) is 58.9 Å². The van der Waals surface area contributed by atoms with E-state index in [0.29, 0.717) is 6.04 Å². The highest BCUT2D eigenvalue weighted by Gasteiger charge is 2.33. The Morgan fingerprint density at radius 2 is 2.24 bits per heavy atom. The molecule has 1 aromatic carbocycles. The molecule has 2 rings (SSSR count). The van der Waals surface area contributed by atoms with Crippen LogP contribution in [-0.4, -0.2) is 24.0 Å². The second kappa shape index (κ2) is 5.09. The zero-order chi connectivity index (χ0) is 12.5. The zero-order valence-electron chi connectivity index (χ0n) is 10.6. The van der Waals surface area contributed by atoms with Crippen LogP contribution in [0.4, 0.5) is 0 Å². The van der Waals surface area contributed by atoms with Crippen molar-refractivity contribution in [3.8, 4) is 0 Å². The molecule has 17 heavy (non-hydrogen) atoms. The van der Waals surface area contributed by atoms with Crippen LogP contribution in [0.5, 0.6) is 0 Å². The lowest BCUT2D eigenvalue weighted by molar-refractivity contribution is 0.0899. The molecule has 0 aromatic heterocycles. The van der Waals surface area contributed by atoms with Gasteiger partial charge in [-0.25, -0.2) is 0 Å². The van der Waals surface area contributed by atoms with Crippen LogP contribution in [0.25, 0.3) is 0 Å². The molecule has 2 N–H and O–H groups in total. The lowest BCUT2D eigenvalue weighted by atomic mass is 9.79. The number of hydrogen-bond acceptors (Lipinski definition) is 2. The van der Waals surface area contributed by atoms with Crippen molar-refractivity contribution in [3.63, 3.8) is 0 Å². The standard InChI is InChI=1S/C14H21BrN2/c1-14(2)10-17(7-6-13(14)16)9-11-4-3-5-12(15)8-11/h3-5,8,13H,6-7,9-10,16H2,1-2H3. The monoisotopic (exact) mass is 296 g/mol. The second-order valence-corrected chi connectivity index (χ2v) is 6.64. The predicted octanol–water partition coefficient (Wildman–Crippen LogP) is 3.01. The molecule has 0 aliphatic carbocycles. The normalized spacial score (nSPS) is 24.8. The van der Waals surface area contributed by atoms with Crippen molar-refractivity contribution in [2.75, 3.05) is 13.1 Å². The molecule has 0 bridgehead atoms. The molecule has 0 saturated carbocycles. The van der Waals surface area contributed by atoms with Crippen LogP contribution in [0.15, 0.2) is 28.7 Å². The van der Waals surface area contributed by atoms with Gasteiger partial charge < -0.3 is 5.73 Å². The van der Waals surface area contributed by atoms with Crippen molar-refractivity contribution in [2.24, 2.45) is 11.1 Å². The molecule has 0 radical (unpaired) electrons. The van der Waals surface area contributed by atoms with Gasteiger partial charge in [-0.05, 0) is 29.5 Å². The first-order valence-electron chi connectivity index (χ1n) is 6.20. The highest BCUT2D eigenvalue weighted by molar-refractivity contribution is 9.10. The van der Waals surface area contributed by atoms with E-state index >= 15 is 0 Å². The minimum absolute atomic E-state index is 0.226. The molecule has 94 valence electrons. The van der Waals surface area contributed by atoms with E-state index in [-0.39, 0.29) is 5.41 Å². The van der Waals surface area contributed by atoms with Crippen molar-refractivity contribution < 1.29 is 0 Å². The Morgan fingerprint density at radius 3 is 2.88 bits per heavy atom. The summed E-state index contributed by atoms with van der Waals surface area (Å²) in [6, 6.07) is 8.88. The molecule has 1 heterocycles. The van der Waals surface area contributed by atoms with Crippen LogP contribution in [0.3, 0.4) is 0 Å². The Morgan fingerprint density at radius 1 is 1.47 bits per heavy atom. The van der Waals surface area contributed by atoms with Gasteiger partial charge in [-0.2, -0.15) is 0 Å². The van der Waals surface area contributed by atoms with Gasteiger partial charge in [0.25, 0.3) is 0 Å². The van der Waals surface area contributed by atoms with Crippen molar-refractivity contribution >= 4 is 15.9 Å². The van der Waals surface area contributed by atoms with E-state index in [1.54, 1.807) is 0 Å². The first-order chi connectivity index (χ1) is 7.97. The van der Waals surface area contributed by atoms with E-state index in [1.165, 1.54) is 5.56 Å². The third kappa shape index (κ3) is 3.30. The first kappa shape index (κ1) is 13.1. The minimum Gasteiger partial charge on any atom is -0.327 e. The molecule has 1 saturated heterocycles. The quantitative estimate of drug-likeness (QED) is 0.909. The van der Waals surface area contributed by atoms with Gasteiger partial charge in [0.2, 0.25) is 0 Å². The summed E-state index contributed by atoms with van der Waals surface area (Å²) in [7, 11) is 0. The molecule has 1 atom stereocenters. The molecule has 0 amide bonds. The van der Waals surface area contributed by atoms with E-state index in [9.17, 15) is 0 Å². The Labute approximate surface area is 112 Å². The Hall–Kier alpha value is -0.380. The predicted molar refractivity (Wildman–Crippen MR) is 75.8 cm³/mol. The van der Waals surface area contributed by atoms with Crippen molar-refractivity contribution in [3.05, 3.63) is 34.3 Å². The van der Waals surface area contributed by atoms with Crippen LogP contribution < -0.4 is 5.73 Å². The highest BCUT2D eigenvalue weighted by atomic mass is 79.9. The average molecular weight is 297 g/mol. The van der Waals surface area contributed by atoms with Gasteiger partial charge in [-0.3, -0.25) is 4.90 Å². The summed E-state index contributed by atoms with van der Waals surface area (Å²) in [6.45, 7) is 7.75. The number of rotatable bonds is 2. The molecule has 1 unspecified atom stereocenters. The second-order valence-electron chi connectivity index (χ2n) is 5.72. The molecule has 1 aromatic rings. The fourth-order valence-electron chi connectivity index (χ4n) is 2.51. The Balaban J connectivity index is 2.01. The van der Waals surface area contributed by atoms with E-state index in [1.807, 2.05) is 0 Å². The maximum atomic E-state index is 6.16. The molecular formula is C14H21BrN2.